The number of rotatable bonds is 6. The molecule has 3 amide bonds. The Morgan fingerprint density at radius 2 is 1.70 bits per heavy atom. The minimum Gasteiger partial charge on any atom is -0.356 e. The first-order valence-electron chi connectivity index (χ1n) is 9.56. The molecule has 0 spiro atoms. The Balaban J connectivity index is 0.00000210. The summed E-state index contributed by atoms with van der Waals surface area (Å²) < 4.78 is 0. The van der Waals surface area contributed by atoms with Crippen molar-refractivity contribution < 1.29 is 14.4 Å². The van der Waals surface area contributed by atoms with Crippen molar-refractivity contribution in [2.45, 2.75) is 38.1 Å². The molecule has 4 rings (SSSR count). The number of hydrogen-bond donors (Lipinski definition) is 2. The van der Waals surface area contributed by atoms with Crippen LogP contribution in [0.5, 0.6) is 0 Å². The molecule has 3 N–H and O–H groups in total. The van der Waals surface area contributed by atoms with E-state index in [2.05, 4.69) is 5.32 Å². The summed E-state index contributed by atoms with van der Waals surface area (Å²) in [7, 11) is 0. The zero-order chi connectivity index (χ0) is 18.3. The maximum atomic E-state index is 12.4. The molecule has 1 heterocycles. The topological polar surface area (TPSA) is 92.5 Å². The lowest BCUT2D eigenvalue weighted by Crippen LogP contribution is -2.45. The molecule has 2 aliphatic carbocycles. The Bertz CT molecular complexity index is 717. The number of benzene rings is 1. The largest absolute Gasteiger partial charge is 0.356 e. The van der Waals surface area contributed by atoms with Gasteiger partial charge in [0.15, 0.2) is 0 Å². The van der Waals surface area contributed by atoms with Gasteiger partial charge in [-0.25, -0.2) is 0 Å². The second-order valence-corrected chi connectivity index (χ2v) is 7.74. The average molecular weight is 392 g/mol. The first kappa shape index (κ1) is 19.8. The molecule has 1 aromatic rings. The van der Waals surface area contributed by atoms with Crippen LogP contribution in [0.3, 0.4) is 0 Å². The van der Waals surface area contributed by atoms with Crippen molar-refractivity contribution in [3.05, 3.63) is 35.4 Å². The molecule has 2 saturated carbocycles. The Hall–Kier alpha value is -1.92. The third-order valence-corrected chi connectivity index (χ3v) is 6.27. The third kappa shape index (κ3) is 3.48. The van der Waals surface area contributed by atoms with Gasteiger partial charge in [0.05, 0.1) is 17.0 Å². The van der Waals surface area contributed by atoms with Gasteiger partial charge in [-0.2, -0.15) is 0 Å². The Morgan fingerprint density at radius 1 is 1.07 bits per heavy atom. The summed E-state index contributed by atoms with van der Waals surface area (Å²) in [5.74, 6) is 0.568. The van der Waals surface area contributed by atoms with Crippen molar-refractivity contribution in [1.29, 1.82) is 0 Å². The van der Waals surface area contributed by atoms with Crippen molar-refractivity contribution >= 4 is 30.1 Å². The molecule has 0 aromatic heterocycles. The van der Waals surface area contributed by atoms with Gasteiger partial charge in [-0.1, -0.05) is 12.1 Å². The summed E-state index contributed by atoms with van der Waals surface area (Å²) in [5.41, 5.74) is 7.17. The van der Waals surface area contributed by atoms with Crippen LogP contribution in [0.15, 0.2) is 24.3 Å². The molecule has 2 fully saturated rings. The quantitative estimate of drug-likeness (QED) is 0.572. The predicted molar refractivity (Wildman–Crippen MR) is 104 cm³/mol. The zero-order valence-corrected chi connectivity index (χ0v) is 16.0. The highest BCUT2D eigenvalue weighted by atomic mass is 35.5. The molecule has 1 aromatic carbocycles. The Labute approximate surface area is 165 Å². The molecular weight excluding hydrogens is 366 g/mol. The first-order chi connectivity index (χ1) is 12.6. The number of nitrogens with one attached hydrogen (secondary N) is 1. The van der Waals surface area contributed by atoms with Crippen LogP contribution in [0.2, 0.25) is 0 Å². The summed E-state index contributed by atoms with van der Waals surface area (Å²) in [6.07, 6.45) is 4.79. The van der Waals surface area contributed by atoms with E-state index in [1.807, 2.05) is 0 Å². The van der Waals surface area contributed by atoms with Crippen LogP contribution in [-0.2, 0) is 4.79 Å². The highest BCUT2D eigenvalue weighted by molar-refractivity contribution is 6.21. The Kier molecular flexibility index (Phi) is 5.86. The van der Waals surface area contributed by atoms with Gasteiger partial charge in [0.1, 0.15) is 0 Å². The van der Waals surface area contributed by atoms with Crippen molar-refractivity contribution in [3.8, 4) is 0 Å². The number of unbranched alkanes of at least 4 members (excludes halogenated alkanes) is 1. The predicted octanol–water partition coefficient (Wildman–Crippen LogP) is 1.97. The van der Waals surface area contributed by atoms with Gasteiger partial charge in [0.2, 0.25) is 5.91 Å². The second-order valence-electron chi connectivity index (χ2n) is 7.74. The van der Waals surface area contributed by atoms with Crippen molar-refractivity contribution in [2.75, 3.05) is 13.1 Å². The molecule has 4 unspecified atom stereocenters. The van der Waals surface area contributed by atoms with E-state index in [-0.39, 0.29) is 42.1 Å². The van der Waals surface area contributed by atoms with Gasteiger partial charge < -0.3 is 11.1 Å². The van der Waals surface area contributed by atoms with Gasteiger partial charge in [-0.3, -0.25) is 19.3 Å². The van der Waals surface area contributed by atoms with Crippen LogP contribution in [0.25, 0.3) is 0 Å². The molecule has 0 saturated heterocycles. The molecule has 146 valence electrons. The lowest BCUT2D eigenvalue weighted by molar-refractivity contribution is -0.127. The summed E-state index contributed by atoms with van der Waals surface area (Å²) in [5, 5.41) is 3.00. The molecular formula is C20H26ClN3O3. The van der Waals surface area contributed by atoms with Gasteiger partial charge in [0, 0.05) is 19.1 Å². The van der Waals surface area contributed by atoms with Crippen LogP contribution in [0.4, 0.5) is 0 Å². The monoisotopic (exact) mass is 391 g/mol. The lowest BCUT2D eigenvalue weighted by Gasteiger charge is -2.27. The standard InChI is InChI=1S/C20H25N3O3.ClH/c21-17-13-8-7-12(11-13)16(17)18(24)22-9-3-4-10-23-19(25)14-5-1-2-6-15(14)20(23)26;/h1-2,5-6,12-13,16-17H,3-4,7-11,21H2,(H,22,24);1H. The average Bonchev–Trinajstić information content (AvgIpc) is 3.30. The van der Waals surface area contributed by atoms with Crippen LogP contribution in [0, 0.1) is 17.8 Å². The van der Waals surface area contributed by atoms with Gasteiger partial charge in [0.25, 0.3) is 11.8 Å². The number of imide groups is 1. The maximum absolute atomic E-state index is 12.4. The van der Waals surface area contributed by atoms with E-state index in [1.54, 1.807) is 24.3 Å². The number of hydrogen-bond acceptors (Lipinski definition) is 4. The summed E-state index contributed by atoms with van der Waals surface area (Å²) in [6, 6.07) is 6.92. The minimum atomic E-state index is -0.220. The van der Waals surface area contributed by atoms with Crippen LogP contribution in [0.1, 0.15) is 52.8 Å². The first-order valence-corrected chi connectivity index (χ1v) is 9.56. The van der Waals surface area contributed by atoms with E-state index in [9.17, 15) is 14.4 Å². The van der Waals surface area contributed by atoms with Crippen molar-refractivity contribution in [2.24, 2.45) is 23.5 Å². The van der Waals surface area contributed by atoms with Gasteiger partial charge >= 0.3 is 0 Å². The molecule has 7 heteroatoms. The number of carbonyl (C=O) groups excluding carboxylic acids is 3. The molecule has 0 radical (unpaired) electrons. The smallest absolute Gasteiger partial charge is 0.261 e. The fourth-order valence-corrected chi connectivity index (χ4v) is 4.89. The van der Waals surface area contributed by atoms with Gasteiger partial charge in [-0.05, 0) is 56.1 Å². The van der Waals surface area contributed by atoms with E-state index >= 15 is 0 Å². The number of nitrogens with zero attached hydrogens (tertiary/aromatic N) is 1. The van der Waals surface area contributed by atoms with Crippen molar-refractivity contribution in [3.63, 3.8) is 0 Å². The van der Waals surface area contributed by atoms with Crippen LogP contribution in [-0.4, -0.2) is 41.8 Å². The number of amides is 3. The van der Waals surface area contributed by atoms with E-state index in [1.165, 1.54) is 4.90 Å². The van der Waals surface area contributed by atoms with Crippen LogP contribution < -0.4 is 11.1 Å². The zero-order valence-electron chi connectivity index (χ0n) is 15.2. The normalized spacial score (nSPS) is 28.3. The number of halogens is 1. The van der Waals surface area contributed by atoms with Crippen LogP contribution >= 0.6 is 12.4 Å². The molecule has 4 atom stereocenters. The molecule has 27 heavy (non-hydrogen) atoms. The summed E-state index contributed by atoms with van der Waals surface area (Å²) >= 11 is 0. The fourth-order valence-electron chi connectivity index (χ4n) is 4.89. The number of fused-ring (bicyclic) bond motifs is 3. The second kappa shape index (κ2) is 7.98. The lowest BCUT2D eigenvalue weighted by atomic mass is 9.84. The fraction of sp³-hybridized carbons (Fsp3) is 0.550. The molecule has 1 aliphatic heterocycles. The maximum Gasteiger partial charge on any atom is 0.261 e. The van der Waals surface area contributed by atoms with Gasteiger partial charge in [-0.15, -0.1) is 12.4 Å². The molecule has 2 bridgehead atoms. The van der Waals surface area contributed by atoms with E-state index in [0.717, 1.165) is 25.7 Å². The van der Waals surface area contributed by atoms with E-state index in [0.29, 0.717) is 42.5 Å². The molecule has 6 nitrogen and oxygen atoms in total. The summed E-state index contributed by atoms with van der Waals surface area (Å²) in [6.45, 7) is 0.943. The Morgan fingerprint density at radius 3 is 2.30 bits per heavy atom. The minimum absolute atomic E-state index is 0. The van der Waals surface area contributed by atoms with Crippen molar-refractivity contribution in [1.82, 2.24) is 10.2 Å². The highest BCUT2D eigenvalue weighted by Crippen LogP contribution is 2.47. The third-order valence-electron chi connectivity index (χ3n) is 6.27. The summed E-state index contributed by atoms with van der Waals surface area (Å²) in [4.78, 5) is 38.3. The number of nitrogens with two attached hydrogens (primary N) is 1. The SMILES string of the molecule is Cl.NC1C2CCC(C2)C1C(=O)NCCCCN1C(=O)c2ccccc2C1=O. The highest BCUT2D eigenvalue weighted by Gasteiger charge is 2.48. The van der Waals surface area contributed by atoms with E-state index in [4.69, 9.17) is 5.73 Å². The number of carbonyl (C=O) groups is 3. The molecule has 3 aliphatic rings. The van der Waals surface area contributed by atoms with E-state index < -0.39 is 0 Å².